The highest BCUT2D eigenvalue weighted by atomic mass is 16.5. The SMILES string of the molecule is CC(C)(C)OCc1cc(C(=O)NCc2ccn3ccnc3c2)no1. The van der Waals surface area contributed by atoms with Gasteiger partial charge in [-0.1, -0.05) is 5.16 Å². The standard InChI is InChI=1S/C17H20N4O3/c1-17(2,3)23-11-13-9-14(20-24-13)16(22)19-10-12-4-6-21-7-5-18-15(21)8-12/h4-9H,10-11H2,1-3H3,(H,19,22). The average Bonchev–Trinajstić information content (AvgIpc) is 3.18. The number of imidazole rings is 1. The van der Waals surface area contributed by atoms with Crippen LogP contribution in [-0.4, -0.2) is 26.0 Å². The molecule has 0 aliphatic carbocycles. The number of pyridine rings is 1. The monoisotopic (exact) mass is 328 g/mol. The summed E-state index contributed by atoms with van der Waals surface area (Å²) in [5.41, 5.74) is 1.76. The van der Waals surface area contributed by atoms with Gasteiger partial charge in [-0.2, -0.15) is 0 Å². The first kappa shape index (κ1) is 16.2. The molecule has 0 radical (unpaired) electrons. The van der Waals surface area contributed by atoms with Crippen LogP contribution in [0.25, 0.3) is 5.65 Å². The zero-order valence-electron chi connectivity index (χ0n) is 13.9. The molecule has 0 unspecified atom stereocenters. The number of hydrogen-bond donors (Lipinski definition) is 1. The molecule has 7 nitrogen and oxygen atoms in total. The molecule has 0 aliphatic heterocycles. The van der Waals surface area contributed by atoms with E-state index in [9.17, 15) is 4.79 Å². The molecule has 0 atom stereocenters. The normalized spacial score (nSPS) is 11.8. The van der Waals surface area contributed by atoms with Gasteiger partial charge in [-0.25, -0.2) is 4.98 Å². The minimum Gasteiger partial charge on any atom is -0.368 e. The van der Waals surface area contributed by atoms with Crippen molar-refractivity contribution >= 4 is 11.6 Å². The molecule has 0 bridgehead atoms. The van der Waals surface area contributed by atoms with Crippen molar-refractivity contribution in [2.75, 3.05) is 0 Å². The Morgan fingerprint density at radius 1 is 1.33 bits per heavy atom. The maximum absolute atomic E-state index is 12.2. The average molecular weight is 328 g/mol. The van der Waals surface area contributed by atoms with Crippen LogP contribution in [0, 0.1) is 0 Å². The molecule has 0 saturated carbocycles. The number of nitrogens with one attached hydrogen (secondary N) is 1. The number of rotatable bonds is 5. The van der Waals surface area contributed by atoms with Gasteiger partial charge in [-0.15, -0.1) is 0 Å². The number of amides is 1. The number of fused-ring (bicyclic) bond motifs is 1. The quantitative estimate of drug-likeness (QED) is 0.778. The van der Waals surface area contributed by atoms with E-state index in [0.29, 0.717) is 12.3 Å². The second kappa shape index (κ2) is 6.45. The van der Waals surface area contributed by atoms with Crippen molar-refractivity contribution < 1.29 is 14.1 Å². The number of ether oxygens (including phenoxy) is 1. The fraction of sp³-hybridized carbons (Fsp3) is 0.353. The molecule has 0 spiro atoms. The van der Waals surface area contributed by atoms with Crippen LogP contribution in [0.1, 0.15) is 42.6 Å². The third kappa shape index (κ3) is 3.99. The molecule has 3 rings (SSSR count). The first-order valence-corrected chi connectivity index (χ1v) is 7.70. The van der Waals surface area contributed by atoms with E-state index in [1.165, 1.54) is 0 Å². The van der Waals surface area contributed by atoms with Gasteiger partial charge >= 0.3 is 0 Å². The number of aromatic nitrogens is 3. The summed E-state index contributed by atoms with van der Waals surface area (Å²) in [7, 11) is 0. The number of nitrogens with zero attached hydrogens (tertiary/aromatic N) is 3. The summed E-state index contributed by atoms with van der Waals surface area (Å²) in [4.78, 5) is 16.4. The molecule has 0 fully saturated rings. The van der Waals surface area contributed by atoms with Gasteiger partial charge in [0.05, 0.1) is 5.60 Å². The maximum atomic E-state index is 12.2. The molecule has 1 amide bonds. The summed E-state index contributed by atoms with van der Waals surface area (Å²) < 4.78 is 12.6. The Morgan fingerprint density at radius 2 is 2.17 bits per heavy atom. The predicted molar refractivity (Wildman–Crippen MR) is 87.4 cm³/mol. The van der Waals surface area contributed by atoms with Gasteiger partial charge in [-0.05, 0) is 38.5 Å². The van der Waals surface area contributed by atoms with Gasteiger partial charge in [0.2, 0.25) is 0 Å². The van der Waals surface area contributed by atoms with Crippen LogP contribution in [0.3, 0.4) is 0 Å². The minimum atomic E-state index is -0.288. The van der Waals surface area contributed by atoms with Crippen LogP contribution in [0.4, 0.5) is 0 Å². The molecule has 0 saturated heterocycles. The Kier molecular flexibility index (Phi) is 4.35. The van der Waals surface area contributed by atoms with Crippen LogP contribution in [0.15, 0.2) is 41.3 Å². The Hall–Kier alpha value is -2.67. The van der Waals surface area contributed by atoms with Crippen molar-refractivity contribution in [1.82, 2.24) is 19.9 Å². The Morgan fingerprint density at radius 3 is 2.96 bits per heavy atom. The molecular formula is C17H20N4O3. The van der Waals surface area contributed by atoms with E-state index >= 15 is 0 Å². The molecule has 0 aromatic carbocycles. The Labute approximate surface area is 139 Å². The lowest BCUT2D eigenvalue weighted by Crippen LogP contribution is -2.23. The first-order valence-electron chi connectivity index (χ1n) is 7.70. The van der Waals surface area contributed by atoms with E-state index in [1.54, 1.807) is 12.3 Å². The summed E-state index contributed by atoms with van der Waals surface area (Å²) in [6, 6.07) is 5.45. The smallest absolute Gasteiger partial charge is 0.273 e. The van der Waals surface area contributed by atoms with Crippen molar-refractivity contribution in [2.45, 2.75) is 39.5 Å². The third-order valence-corrected chi connectivity index (χ3v) is 3.35. The number of carbonyl (C=O) groups excluding carboxylic acids is 1. The largest absolute Gasteiger partial charge is 0.368 e. The Balaban J connectivity index is 1.57. The zero-order valence-corrected chi connectivity index (χ0v) is 13.9. The molecule has 126 valence electrons. The van der Waals surface area contributed by atoms with E-state index in [0.717, 1.165) is 11.2 Å². The zero-order chi connectivity index (χ0) is 17.2. The molecule has 3 aromatic heterocycles. The topological polar surface area (TPSA) is 81.7 Å². The first-order chi connectivity index (χ1) is 11.4. The molecule has 24 heavy (non-hydrogen) atoms. The summed E-state index contributed by atoms with van der Waals surface area (Å²) in [6.45, 7) is 6.53. The van der Waals surface area contributed by atoms with Gasteiger partial charge in [0.15, 0.2) is 11.5 Å². The van der Waals surface area contributed by atoms with Crippen molar-refractivity contribution in [3.63, 3.8) is 0 Å². The minimum absolute atomic E-state index is 0.240. The highest BCUT2D eigenvalue weighted by Crippen LogP contribution is 2.13. The van der Waals surface area contributed by atoms with E-state index in [2.05, 4.69) is 15.5 Å². The Bertz CT molecular complexity index is 845. The summed E-state index contributed by atoms with van der Waals surface area (Å²) in [5.74, 6) is 0.234. The van der Waals surface area contributed by atoms with Crippen LogP contribution < -0.4 is 5.32 Å². The van der Waals surface area contributed by atoms with E-state index in [-0.39, 0.29) is 23.8 Å². The molecule has 3 heterocycles. The van der Waals surface area contributed by atoms with Gasteiger partial charge in [0.1, 0.15) is 12.3 Å². The lowest BCUT2D eigenvalue weighted by molar-refractivity contribution is -0.0241. The summed E-state index contributed by atoms with van der Waals surface area (Å²) in [6.07, 6.45) is 5.50. The van der Waals surface area contributed by atoms with Crippen molar-refractivity contribution in [2.24, 2.45) is 0 Å². The van der Waals surface area contributed by atoms with Crippen molar-refractivity contribution in [3.8, 4) is 0 Å². The van der Waals surface area contributed by atoms with Gasteiger partial charge in [0, 0.05) is 31.2 Å². The predicted octanol–water partition coefficient (Wildman–Crippen LogP) is 2.57. The highest BCUT2D eigenvalue weighted by Gasteiger charge is 2.15. The fourth-order valence-electron chi connectivity index (χ4n) is 2.11. The van der Waals surface area contributed by atoms with Crippen LogP contribution in [-0.2, 0) is 17.9 Å². The number of carbonyl (C=O) groups is 1. The van der Waals surface area contributed by atoms with Gasteiger partial charge < -0.3 is 19.0 Å². The third-order valence-electron chi connectivity index (χ3n) is 3.35. The van der Waals surface area contributed by atoms with Gasteiger partial charge in [0.25, 0.3) is 5.91 Å². The van der Waals surface area contributed by atoms with E-state index < -0.39 is 0 Å². The molecule has 1 N–H and O–H groups in total. The second-order valence-corrected chi connectivity index (χ2v) is 6.49. The highest BCUT2D eigenvalue weighted by molar-refractivity contribution is 5.92. The second-order valence-electron chi connectivity index (χ2n) is 6.49. The van der Waals surface area contributed by atoms with Crippen molar-refractivity contribution in [3.05, 3.63) is 53.8 Å². The van der Waals surface area contributed by atoms with Crippen LogP contribution >= 0.6 is 0 Å². The lowest BCUT2D eigenvalue weighted by atomic mass is 10.2. The molecule has 3 aromatic rings. The molecule has 0 aliphatic rings. The molecular weight excluding hydrogens is 308 g/mol. The fourth-order valence-corrected chi connectivity index (χ4v) is 2.11. The van der Waals surface area contributed by atoms with Crippen molar-refractivity contribution in [1.29, 1.82) is 0 Å². The summed E-state index contributed by atoms with van der Waals surface area (Å²) in [5, 5.41) is 6.61. The summed E-state index contributed by atoms with van der Waals surface area (Å²) >= 11 is 0. The van der Waals surface area contributed by atoms with Crippen LogP contribution in [0.2, 0.25) is 0 Å². The molecule has 7 heteroatoms. The van der Waals surface area contributed by atoms with Gasteiger partial charge in [-0.3, -0.25) is 4.79 Å². The lowest BCUT2D eigenvalue weighted by Gasteiger charge is -2.17. The maximum Gasteiger partial charge on any atom is 0.273 e. The van der Waals surface area contributed by atoms with E-state index in [4.69, 9.17) is 9.26 Å². The number of hydrogen-bond acceptors (Lipinski definition) is 5. The van der Waals surface area contributed by atoms with E-state index in [1.807, 2.05) is 49.7 Å². The van der Waals surface area contributed by atoms with Crippen LogP contribution in [0.5, 0.6) is 0 Å².